The Morgan fingerprint density at radius 3 is 2.60 bits per heavy atom. The van der Waals surface area contributed by atoms with Crippen LogP contribution in [0, 0.1) is 6.92 Å². The Bertz CT molecular complexity index is 907. The fraction of sp³-hybridized carbons (Fsp3) is 0.316. The van der Waals surface area contributed by atoms with E-state index in [4.69, 9.17) is 0 Å². The van der Waals surface area contributed by atoms with Crippen LogP contribution in [-0.4, -0.2) is 32.3 Å². The Morgan fingerprint density at radius 2 is 1.88 bits per heavy atom. The van der Waals surface area contributed by atoms with Crippen molar-refractivity contribution in [2.45, 2.75) is 31.7 Å². The number of nitrogens with one attached hydrogen (secondary N) is 1. The van der Waals surface area contributed by atoms with Crippen LogP contribution in [-0.2, 0) is 23.0 Å². The minimum absolute atomic E-state index is 0.124. The molecular weight excluding hydrogens is 336 g/mol. The Labute approximate surface area is 148 Å². The van der Waals surface area contributed by atoms with Gasteiger partial charge in [0, 0.05) is 25.2 Å². The first-order valence-electron chi connectivity index (χ1n) is 8.38. The molecule has 1 aliphatic rings. The van der Waals surface area contributed by atoms with Crippen LogP contribution in [0.25, 0.3) is 0 Å². The number of aryl methyl sites for hydroxylation is 1. The van der Waals surface area contributed by atoms with Crippen LogP contribution in [0.15, 0.2) is 47.4 Å². The van der Waals surface area contributed by atoms with Crippen LogP contribution in [0.3, 0.4) is 0 Å². The fourth-order valence-electron chi connectivity index (χ4n) is 3.11. The third-order valence-corrected chi connectivity index (χ3v) is 6.05. The van der Waals surface area contributed by atoms with Crippen molar-refractivity contribution in [1.29, 1.82) is 0 Å². The van der Waals surface area contributed by atoms with E-state index in [9.17, 15) is 13.2 Å². The first-order chi connectivity index (χ1) is 11.9. The van der Waals surface area contributed by atoms with Crippen molar-refractivity contribution in [3.63, 3.8) is 0 Å². The van der Waals surface area contributed by atoms with Gasteiger partial charge in [-0.1, -0.05) is 37.3 Å². The number of hydrogen-bond donors (Lipinski definition) is 1. The minimum atomic E-state index is -3.58. The molecule has 2 aromatic rings. The van der Waals surface area contributed by atoms with E-state index in [1.54, 1.807) is 17.9 Å². The van der Waals surface area contributed by atoms with Crippen LogP contribution in [0.1, 0.15) is 34.0 Å². The molecule has 1 amide bonds. The predicted octanol–water partition coefficient (Wildman–Crippen LogP) is 2.49. The minimum Gasteiger partial charge on any atom is -0.334 e. The summed E-state index contributed by atoms with van der Waals surface area (Å²) in [5.41, 5.74) is 3.64. The molecule has 0 atom stereocenters. The monoisotopic (exact) mass is 358 g/mol. The second-order valence-corrected chi connectivity index (χ2v) is 7.99. The summed E-state index contributed by atoms with van der Waals surface area (Å²) in [4.78, 5) is 14.9. The van der Waals surface area contributed by atoms with Crippen molar-refractivity contribution in [2.75, 3.05) is 13.1 Å². The molecule has 1 heterocycles. The molecule has 0 radical (unpaired) electrons. The van der Waals surface area contributed by atoms with Gasteiger partial charge in [-0.2, -0.15) is 0 Å². The number of carbonyl (C=O) groups excluding carboxylic acids is 1. The average Bonchev–Trinajstić information content (AvgIpc) is 2.61. The van der Waals surface area contributed by atoms with Gasteiger partial charge in [-0.15, -0.1) is 0 Å². The molecule has 0 bridgehead atoms. The molecule has 6 heteroatoms. The van der Waals surface area contributed by atoms with E-state index < -0.39 is 10.0 Å². The molecule has 0 aromatic heterocycles. The normalized spacial score (nSPS) is 14.2. The van der Waals surface area contributed by atoms with Gasteiger partial charge in [-0.05, 0) is 42.2 Å². The largest absolute Gasteiger partial charge is 0.334 e. The van der Waals surface area contributed by atoms with Crippen LogP contribution in [0.4, 0.5) is 0 Å². The molecule has 0 fully saturated rings. The molecule has 25 heavy (non-hydrogen) atoms. The number of benzene rings is 2. The van der Waals surface area contributed by atoms with Crippen LogP contribution >= 0.6 is 0 Å². The summed E-state index contributed by atoms with van der Waals surface area (Å²) < 4.78 is 26.9. The van der Waals surface area contributed by atoms with E-state index in [0.717, 1.165) is 17.5 Å². The highest BCUT2D eigenvalue weighted by Gasteiger charge is 2.24. The maximum absolute atomic E-state index is 13.0. The number of amides is 1. The first kappa shape index (κ1) is 17.6. The van der Waals surface area contributed by atoms with Gasteiger partial charge in [0.05, 0.1) is 4.90 Å². The summed E-state index contributed by atoms with van der Waals surface area (Å²) in [6.45, 7) is 5.05. The number of fused-ring (bicyclic) bond motifs is 1. The summed E-state index contributed by atoms with van der Waals surface area (Å²) >= 11 is 0. The lowest BCUT2D eigenvalue weighted by molar-refractivity contribution is 0.0733. The van der Waals surface area contributed by atoms with Crippen molar-refractivity contribution in [2.24, 2.45) is 0 Å². The van der Waals surface area contributed by atoms with Gasteiger partial charge in [-0.3, -0.25) is 4.79 Å². The Balaban J connectivity index is 1.90. The maximum atomic E-state index is 13.0. The molecule has 0 saturated carbocycles. The SMILES string of the molecule is CCNS(=O)(=O)c1ccc(C)c(C(=O)N2CCc3ccccc3C2)c1. The van der Waals surface area contributed by atoms with Gasteiger partial charge < -0.3 is 4.90 Å². The van der Waals surface area contributed by atoms with E-state index in [1.807, 2.05) is 25.1 Å². The Morgan fingerprint density at radius 1 is 1.16 bits per heavy atom. The van der Waals surface area contributed by atoms with E-state index in [1.165, 1.54) is 17.7 Å². The third-order valence-electron chi connectivity index (χ3n) is 4.50. The summed E-state index contributed by atoms with van der Waals surface area (Å²) in [6, 6.07) is 12.8. The highest BCUT2D eigenvalue weighted by Crippen LogP contribution is 2.23. The molecule has 0 unspecified atom stereocenters. The zero-order chi connectivity index (χ0) is 18.0. The zero-order valence-electron chi connectivity index (χ0n) is 14.5. The van der Waals surface area contributed by atoms with Crippen LogP contribution in [0.2, 0.25) is 0 Å². The van der Waals surface area contributed by atoms with Crippen molar-refractivity contribution in [3.05, 3.63) is 64.7 Å². The molecule has 1 aliphatic heterocycles. The number of nitrogens with zero attached hydrogens (tertiary/aromatic N) is 1. The average molecular weight is 358 g/mol. The number of carbonyl (C=O) groups is 1. The number of hydrogen-bond acceptors (Lipinski definition) is 3. The summed E-state index contributed by atoms with van der Waals surface area (Å²) in [6.07, 6.45) is 0.816. The maximum Gasteiger partial charge on any atom is 0.254 e. The van der Waals surface area contributed by atoms with Crippen molar-refractivity contribution < 1.29 is 13.2 Å². The van der Waals surface area contributed by atoms with Gasteiger partial charge in [0.2, 0.25) is 10.0 Å². The van der Waals surface area contributed by atoms with Crippen molar-refractivity contribution in [1.82, 2.24) is 9.62 Å². The van der Waals surface area contributed by atoms with Gasteiger partial charge in [0.15, 0.2) is 0 Å². The molecular formula is C19H22N2O3S. The van der Waals surface area contributed by atoms with E-state index in [2.05, 4.69) is 10.8 Å². The van der Waals surface area contributed by atoms with Gasteiger partial charge in [-0.25, -0.2) is 13.1 Å². The van der Waals surface area contributed by atoms with Gasteiger partial charge in [0.25, 0.3) is 5.91 Å². The smallest absolute Gasteiger partial charge is 0.254 e. The second kappa shape index (κ2) is 6.98. The number of rotatable bonds is 4. The Kier molecular flexibility index (Phi) is 4.92. The van der Waals surface area contributed by atoms with Crippen LogP contribution < -0.4 is 4.72 Å². The van der Waals surface area contributed by atoms with E-state index >= 15 is 0 Å². The summed E-state index contributed by atoms with van der Waals surface area (Å²) in [7, 11) is -3.58. The number of sulfonamides is 1. The van der Waals surface area contributed by atoms with Crippen molar-refractivity contribution >= 4 is 15.9 Å². The zero-order valence-corrected chi connectivity index (χ0v) is 15.3. The highest BCUT2D eigenvalue weighted by atomic mass is 32.2. The molecule has 2 aromatic carbocycles. The second-order valence-electron chi connectivity index (χ2n) is 6.22. The lowest BCUT2D eigenvalue weighted by Gasteiger charge is -2.29. The van der Waals surface area contributed by atoms with Gasteiger partial charge >= 0.3 is 0 Å². The standard InChI is InChI=1S/C19H22N2O3S/c1-3-20-25(23,24)17-9-8-14(2)18(12-17)19(22)21-11-10-15-6-4-5-7-16(15)13-21/h4-9,12,20H,3,10-11,13H2,1-2H3. The Hall–Kier alpha value is -2.18. The van der Waals surface area contributed by atoms with E-state index in [-0.39, 0.29) is 10.8 Å². The molecule has 132 valence electrons. The van der Waals surface area contributed by atoms with Crippen molar-refractivity contribution in [3.8, 4) is 0 Å². The van der Waals surface area contributed by atoms with E-state index in [0.29, 0.717) is 25.2 Å². The highest BCUT2D eigenvalue weighted by molar-refractivity contribution is 7.89. The topological polar surface area (TPSA) is 66.5 Å². The molecule has 1 N–H and O–H groups in total. The molecule has 3 rings (SSSR count). The lowest BCUT2D eigenvalue weighted by Crippen LogP contribution is -2.36. The third kappa shape index (κ3) is 3.60. The molecule has 0 saturated heterocycles. The van der Waals surface area contributed by atoms with Gasteiger partial charge in [0.1, 0.15) is 0 Å². The molecule has 5 nitrogen and oxygen atoms in total. The lowest BCUT2D eigenvalue weighted by atomic mass is 9.98. The quantitative estimate of drug-likeness (QED) is 0.913. The molecule has 0 aliphatic carbocycles. The fourth-order valence-corrected chi connectivity index (χ4v) is 4.18. The van der Waals surface area contributed by atoms with Crippen LogP contribution in [0.5, 0.6) is 0 Å². The summed E-state index contributed by atoms with van der Waals surface area (Å²) in [5.74, 6) is -0.124. The summed E-state index contributed by atoms with van der Waals surface area (Å²) in [5, 5.41) is 0. The molecule has 0 spiro atoms. The first-order valence-corrected chi connectivity index (χ1v) is 9.87. The predicted molar refractivity (Wildman–Crippen MR) is 96.9 cm³/mol.